The summed E-state index contributed by atoms with van der Waals surface area (Å²) in [6, 6.07) is 14.0. The molecule has 2 aromatic carbocycles. The number of benzene rings is 2. The molecule has 0 fully saturated rings. The normalized spacial score (nSPS) is 10.8. The zero-order valence-electron chi connectivity index (χ0n) is 19.4. The van der Waals surface area contributed by atoms with Crippen LogP contribution in [-0.2, 0) is 13.0 Å². The minimum absolute atomic E-state index is 0.253. The van der Waals surface area contributed by atoms with E-state index >= 15 is 0 Å². The molecule has 0 bridgehead atoms. The van der Waals surface area contributed by atoms with E-state index in [-0.39, 0.29) is 5.12 Å². The van der Waals surface area contributed by atoms with Crippen LogP contribution in [0.5, 0.6) is 5.75 Å². The largest absolute Gasteiger partial charge is 0.496 e. The lowest BCUT2D eigenvalue weighted by Crippen LogP contribution is -2.12. The van der Waals surface area contributed by atoms with E-state index < -0.39 is 5.82 Å². The van der Waals surface area contributed by atoms with E-state index in [2.05, 4.69) is 40.9 Å². The summed E-state index contributed by atoms with van der Waals surface area (Å²) in [4.78, 5) is 20.5. The molecule has 1 N–H and O–H groups in total. The number of nitriles is 1. The first-order valence-electron chi connectivity index (χ1n) is 11.1. The average Bonchev–Trinajstić information content (AvgIpc) is 3.21. The summed E-state index contributed by atoms with van der Waals surface area (Å²) in [5.41, 5.74) is 4.13. The van der Waals surface area contributed by atoms with Crippen LogP contribution in [0.2, 0.25) is 0 Å². The Labute approximate surface area is 208 Å². The maximum atomic E-state index is 14.1. The summed E-state index contributed by atoms with van der Waals surface area (Å²) in [7, 11) is 1.47. The van der Waals surface area contributed by atoms with Crippen LogP contribution in [0.25, 0.3) is 22.2 Å². The minimum Gasteiger partial charge on any atom is -0.496 e. The van der Waals surface area contributed by atoms with Crippen LogP contribution in [0.4, 0.5) is 10.2 Å². The SMILES string of the molecule is CCCc1cc(-c2cc(NCCn3c(C#N)cc4c(OC)cc(F)cc43)ncn2)ccc1C(=O)S. The van der Waals surface area contributed by atoms with Gasteiger partial charge in [0.05, 0.1) is 18.3 Å². The Bertz CT molecular complexity index is 1440. The molecule has 35 heavy (non-hydrogen) atoms. The number of ether oxygens (including phenoxy) is 1. The molecule has 0 amide bonds. The number of carbonyl (C=O) groups excluding carboxylic acids is 1. The first kappa shape index (κ1) is 24.2. The molecular weight excluding hydrogens is 465 g/mol. The van der Waals surface area contributed by atoms with E-state index in [1.54, 1.807) is 16.7 Å². The van der Waals surface area contributed by atoms with Crippen LogP contribution < -0.4 is 10.1 Å². The molecular formula is C26H24FN5O2S. The molecule has 0 saturated heterocycles. The van der Waals surface area contributed by atoms with Crippen LogP contribution in [-0.4, -0.2) is 33.3 Å². The van der Waals surface area contributed by atoms with Crippen molar-refractivity contribution in [3.63, 3.8) is 0 Å². The molecule has 0 atom stereocenters. The van der Waals surface area contributed by atoms with Crippen LogP contribution in [0.1, 0.15) is 35.0 Å². The highest BCUT2D eigenvalue weighted by atomic mass is 32.1. The van der Waals surface area contributed by atoms with Crippen molar-refractivity contribution in [2.75, 3.05) is 19.0 Å². The summed E-state index contributed by atoms with van der Waals surface area (Å²) in [6.45, 7) is 2.92. The van der Waals surface area contributed by atoms with Gasteiger partial charge in [-0.1, -0.05) is 19.4 Å². The quantitative estimate of drug-likeness (QED) is 0.312. The van der Waals surface area contributed by atoms with Gasteiger partial charge in [0.2, 0.25) is 5.12 Å². The van der Waals surface area contributed by atoms with Crippen molar-refractivity contribution in [3.8, 4) is 23.1 Å². The Kier molecular flexibility index (Phi) is 7.32. The summed E-state index contributed by atoms with van der Waals surface area (Å²) in [6.07, 6.45) is 3.15. The molecule has 178 valence electrons. The van der Waals surface area contributed by atoms with Gasteiger partial charge in [0.25, 0.3) is 0 Å². The Hall–Kier alpha value is -3.90. The lowest BCUT2D eigenvalue weighted by molar-refractivity contribution is 0.109. The van der Waals surface area contributed by atoms with Gasteiger partial charge in [-0.05, 0) is 36.2 Å². The predicted octanol–water partition coefficient (Wildman–Crippen LogP) is 5.25. The molecule has 0 saturated carbocycles. The second kappa shape index (κ2) is 10.6. The highest BCUT2D eigenvalue weighted by Gasteiger charge is 2.14. The fourth-order valence-corrected chi connectivity index (χ4v) is 4.36. The lowest BCUT2D eigenvalue weighted by atomic mass is 9.99. The second-order valence-electron chi connectivity index (χ2n) is 7.98. The van der Waals surface area contributed by atoms with Crippen molar-refractivity contribution in [3.05, 3.63) is 71.4 Å². The van der Waals surface area contributed by atoms with E-state index in [4.69, 9.17) is 4.74 Å². The number of halogens is 1. The van der Waals surface area contributed by atoms with Crippen molar-refractivity contribution < 1.29 is 13.9 Å². The second-order valence-corrected chi connectivity index (χ2v) is 8.38. The first-order valence-corrected chi connectivity index (χ1v) is 11.6. The number of carbonyl (C=O) groups is 1. The van der Waals surface area contributed by atoms with Gasteiger partial charge in [0.1, 0.15) is 35.5 Å². The third kappa shape index (κ3) is 5.12. The third-order valence-corrected chi connectivity index (χ3v) is 5.98. The molecule has 4 aromatic rings. The predicted molar refractivity (Wildman–Crippen MR) is 136 cm³/mol. The monoisotopic (exact) mass is 489 g/mol. The van der Waals surface area contributed by atoms with Gasteiger partial charge in [0, 0.05) is 41.7 Å². The lowest BCUT2D eigenvalue weighted by Gasteiger charge is -2.12. The molecule has 0 aliphatic rings. The van der Waals surface area contributed by atoms with Gasteiger partial charge in [-0.25, -0.2) is 14.4 Å². The molecule has 4 rings (SSSR count). The zero-order chi connectivity index (χ0) is 24.9. The van der Waals surface area contributed by atoms with Crippen molar-refractivity contribution in [1.29, 1.82) is 5.26 Å². The van der Waals surface area contributed by atoms with Gasteiger partial charge in [-0.2, -0.15) is 5.26 Å². The number of hydrogen-bond acceptors (Lipinski definition) is 6. The smallest absolute Gasteiger partial charge is 0.216 e. The molecule has 0 aliphatic carbocycles. The fourth-order valence-electron chi connectivity index (χ4n) is 4.14. The van der Waals surface area contributed by atoms with Gasteiger partial charge in [0.15, 0.2) is 0 Å². The third-order valence-electron chi connectivity index (χ3n) is 5.74. The number of aryl methyl sites for hydroxylation is 1. The fraction of sp³-hybridized carbons (Fsp3) is 0.231. The summed E-state index contributed by atoms with van der Waals surface area (Å²) < 4.78 is 21.1. The minimum atomic E-state index is -0.431. The molecule has 9 heteroatoms. The highest BCUT2D eigenvalue weighted by Crippen LogP contribution is 2.30. The van der Waals surface area contributed by atoms with Crippen molar-refractivity contribution in [2.24, 2.45) is 0 Å². The molecule has 7 nitrogen and oxygen atoms in total. The molecule has 0 aliphatic heterocycles. The summed E-state index contributed by atoms with van der Waals surface area (Å²) in [5, 5.41) is 13.3. The summed E-state index contributed by atoms with van der Waals surface area (Å²) >= 11 is 3.98. The van der Waals surface area contributed by atoms with Gasteiger partial charge < -0.3 is 14.6 Å². The highest BCUT2D eigenvalue weighted by molar-refractivity contribution is 7.97. The van der Waals surface area contributed by atoms with E-state index in [9.17, 15) is 14.4 Å². The Morgan fingerprint density at radius 3 is 2.77 bits per heavy atom. The zero-order valence-corrected chi connectivity index (χ0v) is 20.3. The maximum absolute atomic E-state index is 14.1. The molecule has 2 heterocycles. The number of rotatable bonds is 9. The number of thiol groups is 1. The van der Waals surface area contributed by atoms with Crippen molar-refractivity contribution in [1.82, 2.24) is 14.5 Å². The van der Waals surface area contributed by atoms with Gasteiger partial charge in [-0.3, -0.25) is 4.79 Å². The average molecular weight is 490 g/mol. The summed E-state index contributed by atoms with van der Waals surface area (Å²) in [5.74, 6) is 0.566. The molecule has 0 unspecified atom stereocenters. The van der Waals surface area contributed by atoms with Crippen LogP contribution in [0.3, 0.4) is 0 Å². The number of fused-ring (bicyclic) bond motifs is 1. The van der Waals surface area contributed by atoms with E-state index in [1.807, 2.05) is 18.2 Å². The topological polar surface area (TPSA) is 92.8 Å². The first-order chi connectivity index (χ1) is 16.9. The molecule has 0 spiro atoms. The number of aromatic nitrogens is 3. The van der Waals surface area contributed by atoms with Gasteiger partial charge in [-0.15, -0.1) is 12.6 Å². The van der Waals surface area contributed by atoms with E-state index in [0.717, 1.165) is 24.0 Å². The Morgan fingerprint density at radius 1 is 1.23 bits per heavy atom. The number of methoxy groups -OCH3 is 1. The van der Waals surface area contributed by atoms with Crippen LogP contribution in [0.15, 0.2) is 48.8 Å². The Balaban J connectivity index is 1.55. The number of anilines is 1. The van der Waals surface area contributed by atoms with E-state index in [1.165, 1.54) is 25.6 Å². The molecule has 2 aromatic heterocycles. The standard InChI is InChI=1S/C26H24FN5O2S/c1-3-4-16-9-17(5-6-20(16)26(33)35)22-13-25(31-15-30-22)29-7-8-32-19(14-28)12-21-23(32)10-18(27)11-24(21)34-2/h5-6,9-13,15H,3-4,7-8H2,1-2H3,(H,33,35)(H,29,30,31). The van der Waals surface area contributed by atoms with Crippen LogP contribution >= 0.6 is 12.6 Å². The van der Waals surface area contributed by atoms with Crippen molar-refractivity contribution >= 4 is 34.5 Å². The number of hydrogen-bond donors (Lipinski definition) is 2. The Morgan fingerprint density at radius 2 is 2.06 bits per heavy atom. The van der Waals surface area contributed by atoms with Crippen LogP contribution in [0, 0.1) is 17.1 Å². The number of nitrogens with one attached hydrogen (secondary N) is 1. The number of nitrogens with zero attached hydrogens (tertiary/aromatic N) is 4. The van der Waals surface area contributed by atoms with Gasteiger partial charge >= 0.3 is 0 Å². The maximum Gasteiger partial charge on any atom is 0.216 e. The molecule has 0 radical (unpaired) electrons. The van der Waals surface area contributed by atoms with Crippen molar-refractivity contribution in [2.45, 2.75) is 26.3 Å². The van der Waals surface area contributed by atoms with E-state index in [0.29, 0.717) is 52.5 Å².